The van der Waals surface area contributed by atoms with E-state index in [4.69, 9.17) is 4.74 Å². The molecule has 0 bridgehead atoms. The van der Waals surface area contributed by atoms with E-state index in [2.05, 4.69) is 58.7 Å². The van der Waals surface area contributed by atoms with Crippen LogP contribution in [0.15, 0.2) is 28.9 Å². The zero-order chi connectivity index (χ0) is 12.4. The van der Waals surface area contributed by atoms with Crippen molar-refractivity contribution in [2.75, 3.05) is 6.61 Å². The third-order valence-electron chi connectivity index (χ3n) is 2.90. The highest BCUT2D eigenvalue weighted by molar-refractivity contribution is 9.10. The van der Waals surface area contributed by atoms with E-state index >= 15 is 0 Å². The van der Waals surface area contributed by atoms with Crippen LogP contribution < -0.4 is 0 Å². The van der Waals surface area contributed by atoms with Crippen molar-refractivity contribution in [2.45, 2.75) is 33.4 Å². The van der Waals surface area contributed by atoms with Gasteiger partial charge in [0, 0.05) is 39.8 Å². The number of ether oxygens (including phenoxy) is 1. The van der Waals surface area contributed by atoms with Crippen LogP contribution in [0, 0.1) is 0 Å². The summed E-state index contributed by atoms with van der Waals surface area (Å²) in [5.74, 6) is 0. The molecule has 0 atom stereocenters. The van der Waals surface area contributed by atoms with Crippen LogP contribution in [-0.2, 0) is 11.3 Å². The maximum Gasteiger partial charge on any atom is 0.0737 e. The van der Waals surface area contributed by atoms with Crippen molar-refractivity contribution >= 4 is 26.8 Å². The third-order valence-corrected chi connectivity index (χ3v) is 3.39. The molecule has 0 aliphatic rings. The molecule has 0 fully saturated rings. The van der Waals surface area contributed by atoms with Gasteiger partial charge in [0.2, 0.25) is 0 Å². The van der Waals surface area contributed by atoms with Crippen LogP contribution in [0.4, 0.5) is 0 Å². The molecule has 2 aromatic rings. The molecular weight excluding hydrogens is 278 g/mol. The zero-order valence-electron chi connectivity index (χ0n) is 10.5. The van der Waals surface area contributed by atoms with Crippen LogP contribution in [0.25, 0.3) is 10.9 Å². The van der Waals surface area contributed by atoms with Gasteiger partial charge in [-0.1, -0.05) is 22.0 Å². The van der Waals surface area contributed by atoms with E-state index in [0.717, 1.165) is 11.1 Å². The van der Waals surface area contributed by atoms with Gasteiger partial charge in [0.25, 0.3) is 0 Å². The van der Waals surface area contributed by atoms with Crippen LogP contribution in [0.3, 0.4) is 0 Å². The maximum absolute atomic E-state index is 5.53. The predicted molar refractivity (Wildman–Crippen MR) is 75.4 cm³/mol. The second-order valence-corrected chi connectivity index (χ2v) is 5.37. The number of nitrogens with zero attached hydrogens (tertiary/aromatic N) is 1. The molecule has 17 heavy (non-hydrogen) atoms. The topological polar surface area (TPSA) is 14.2 Å². The summed E-state index contributed by atoms with van der Waals surface area (Å²) in [6.07, 6.45) is 2.21. The molecule has 0 aliphatic heterocycles. The summed E-state index contributed by atoms with van der Waals surface area (Å²) in [6, 6.07) is 6.88. The quantitative estimate of drug-likeness (QED) is 0.809. The molecule has 0 spiro atoms. The molecular formula is C14H18BrNO. The summed E-state index contributed by atoms with van der Waals surface area (Å²) >= 11 is 3.53. The highest BCUT2D eigenvalue weighted by Crippen LogP contribution is 2.28. The van der Waals surface area contributed by atoms with Gasteiger partial charge < -0.3 is 9.30 Å². The molecule has 1 aromatic heterocycles. The maximum atomic E-state index is 5.53. The van der Waals surface area contributed by atoms with E-state index in [1.807, 2.05) is 6.92 Å². The Morgan fingerprint density at radius 2 is 2.12 bits per heavy atom. The number of halogens is 1. The van der Waals surface area contributed by atoms with Crippen molar-refractivity contribution in [3.8, 4) is 0 Å². The van der Waals surface area contributed by atoms with E-state index in [9.17, 15) is 0 Å². The van der Waals surface area contributed by atoms with Crippen molar-refractivity contribution < 1.29 is 4.74 Å². The number of aromatic nitrogens is 1. The lowest BCUT2D eigenvalue weighted by molar-refractivity contribution is 0.135. The van der Waals surface area contributed by atoms with E-state index in [1.54, 1.807) is 0 Å². The standard InChI is InChI=1S/C14H18BrNO/c1-4-17-9-11-8-16(10(2)3)14-7-12(15)5-6-13(11)14/h5-8,10H,4,9H2,1-3H3. The van der Waals surface area contributed by atoms with Crippen LogP contribution in [0.2, 0.25) is 0 Å². The molecule has 1 heterocycles. The molecule has 0 saturated carbocycles. The molecule has 2 rings (SSSR count). The third kappa shape index (κ3) is 2.55. The van der Waals surface area contributed by atoms with Gasteiger partial charge in [-0.2, -0.15) is 0 Å². The minimum Gasteiger partial charge on any atom is -0.377 e. The number of hydrogen-bond donors (Lipinski definition) is 0. The second kappa shape index (κ2) is 5.23. The molecule has 92 valence electrons. The molecule has 3 heteroatoms. The van der Waals surface area contributed by atoms with Gasteiger partial charge in [-0.05, 0) is 32.9 Å². The molecule has 0 unspecified atom stereocenters. The van der Waals surface area contributed by atoms with E-state index in [0.29, 0.717) is 12.6 Å². The lowest BCUT2D eigenvalue weighted by Crippen LogP contribution is -1.98. The fourth-order valence-electron chi connectivity index (χ4n) is 2.05. The van der Waals surface area contributed by atoms with E-state index in [-0.39, 0.29) is 0 Å². The zero-order valence-corrected chi connectivity index (χ0v) is 12.1. The lowest BCUT2D eigenvalue weighted by atomic mass is 10.2. The van der Waals surface area contributed by atoms with Gasteiger partial charge in [0.15, 0.2) is 0 Å². The van der Waals surface area contributed by atoms with Crippen molar-refractivity contribution in [1.82, 2.24) is 4.57 Å². The fraction of sp³-hybridized carbons (Fsp3) is 0.429. The van der Waals surface area contributed by atoms with Gasteiger partial charge in [-0.15, -0.1) is 0 Å². The molecule has 2 nitrogen and oxygen atoms in total. The van der Waals surface area contributed by atoms with Gasteiger partial charge in [-0.25, -0.2) is 0 Å². The van der Waals surface area contributed by atoms with Gasteiger partial charge in [-0.3, -0.25) is 0 Å². The Hall–Kier alpha value is -0.800. The Morgan fingerprint density at radius 3 is 2.76 bits per heavy atom. The predicted octanol–water partition coefficient (Wildman–Crippen LogP) is 4.52. The van der Waals surface area contributed by atoms with Crippen molar-refractivity contribution in [2.24, 2.45) is 0 Å². The van der Waals surface area contributed by atoms with Crippen LogP contribution >= 0.6 is 15.9 Å². The SMILES string of the molecule is CCOCc1cn(C(C)C)c2cc(Br)ccc12. The molecule has 0 amide bonds. The monoisotopic (exact) mass is 295 g/mol. The largest absolute Gasteiger partial charge is 0.377 e. The van der Waals surface area contributed by atoms with Crippen molar-refractivity contribution in [3.05, 3.63) is 34.4 Å². The van der Waals surface area contributed by atoms with Gasteiger partial charge >= 0.3 is 0 Å². The van der Waals surface area contributed by atoms with Crippen molar-refractivity contribution in [1.29, 1.82) is 0 Å². The summed E-state index contributed by atoms with van der Waals surface area (Å²) in [7, 11) is 0. The Balaban J connectivity index is 2.54. The Labute approximate surface area is 111 Å². The fourth-order valence-corrected chi connectivity index (χ4v) is 2.40. The number of fused-ring (bicyclic) bond motifs is 1. The average molecular weight is 296 g/mol. The first-order valence-corrected chi connectivity index (χ1v) is 6.79. The molecule has 1 aromatic carbocycles. The highest BCUT2D eigenvalue weighted by atomic mass is 79.9. The smallest absolute Gasteiger partial charge is 0.0737 e. The molecule has 0 radical (unpaired) electrons. The Kier molecular flexibility index (Phi) is 3.89. The van der Waals surface area contributed by atoms with Crippen LogP contribution in [-0.4, -0.2) is 11.2 Å². The first-order valence-electron chi connectivity index (χ1n) is 6.00. The first kappa shape index (κ1) is 12.7. The number of rotatable bonds is 4. The average Bonchev–Trinajstić information content (AvgIpc) is 2.64. The molecule has 0 saturated heterocycles. The summed E-state index contributed by atoms with van der Waals surface area (Å²) in [5, 5.41) is 1.29. The van der Waals surface area contributed by atoms with E-state index in [1.165, 1.54) is 16.5 Å². The summed E-state index contributed by atoms with van der Waals surface area (Å²) in [6.45, 7) is 7.87. The lowest BCUT2D eigenvalue weighted by Gasteiger charge is -2.08. The minimum atomic E-state index is 0.460. The van der Waals surface area contributed by atoms with Gasteiger partial charge in [0.1, 0.15) is 0 Å². The number of hydrogen-bond acceptors (Lipinski definition) is 1. The second-order valence-electron chi connectivity index (χ2n) is 4.45. The van der Waals surface area contributed by atoms with Crippen LogP contribution in [0.1, 0.15) is 32.4 Å². The molecule has 0 N–H and O–H groups in total. The van der Waals surface area contributed by atoms with Gasteiger partial charge in [0.05, 0.1) is 6.61 Å². The highest BCUT2D eigenvalue weighted by Gasteiger charge is 2.10. The molecule has 0 aliphatic carbocycles. The summed E-state index contributed by atoms with van der Waals surface area (Å²) < 4.78 is 8.94. The minimum absolute atomic E-state index is 0.460. The first-order chi connectivity index (χ1) is 8.13. The normalized spacial score (nSPS) is 11.6. The van der Waals surface area contributed by atoms with Crippen LogP contribution in [0.5, 0.6) is 0 Å². The summed E-state index contributed by atoms with van der Waals surface area (Å²) in [5.41, 5.74) is 2.53. The van der Waals surface area contributed by atoms with E-state index < -0.39 is 0 Å². The Morgan fingerprint density at radius 1 is 1.35 bits per heavy atom. The Bertz CT molecular complexity index is 516. The summed E-state index contributed by atoms with van der Waals surface area (Å²) in [4.78, 5) is 0. The number of benzene rings is 1. The van der Waals surface area contributed by atoms with Crippen molar-refractivity contribution in [3.63, 3.8) is 0 Å².